The van der Waals surface area contributed by atoms with Gasteiger partial charge < -0.3 is 20.1 Å². The molecule has 0 unspecified atom stereocenters. The first kappa shape index (κ1) is 21.8. The predicted molar refractivity (Wildman–Crippen MR) is 121 cm³/mol. The molecule has 168 valence electrons. The Morgan fingerprint density at radius 3 is 2.64 bits per heavy atom. The molecule has 0 aliphatic rings. The van der Waals surface area contributed by atoms with Gasteiger partial charge in [-0.3, -0.25) is 9.59 Å². The molecule has 2 amide bonds. The Hall–Kier alpha value is -4.47. The molecule has 0 bridgehead atoms. The number of amides is 2. The monoisotopic (exact) mass is 446 g/mol. The largest absolute Gasteiger partial charge is 0.484 e. The first-order chi connectivity index (χ1) is 16.1. The number of hydrogen-bond acceptors (Lipinski definition) is 7. The van der Waals surface area contributed by atoms with Crippen LogP contribution in [0.2, 0.25) is 0 Å². The van der Waals surface area contributed by atoms with Crippen LogP contribution in [0.1, 0.15) is 6.92 Å². The fraction of sp³-hybridized carbons (Fsp3) is 0.174. The smallest absolute Gasteiger partial charge is 0.258 e. The van der Waals surface area contributed by atoms with Crippen LogP contribution in [0.15, 0.2) is 66.7 Å². The van der Waals surface area contributed by atoms with Crippen molar-refractivity contribution in [3.05, 3.63) is 66.7 Å². The van der Waals surface area contributed by atoms with E-state index in [2.05, 4.69) is 25.9 Å². The lowest BCUT2D eigenvalue weighted by Crippen LogP contribution is -2.32. The Balaban J connectivity index is 1.25. The lowest BCUT2D eigenvalue weighted by atomic mass is 10.2. The Morgan fingerprint density at radius 2 is 1.82 bits per heavy atom. The van der Waals surface area contributed by atoms with Crippen LogP contribution in [-0.2, 0) is 9.59 Å². The minimum absolute atomic E-state index is 0.158. The zero-order chi connectivity index (χ0) is 23.0. The van der Waals surface area contributed by atoms with Crippen LogP contribution in [0, 0.1) is 0 Å². The maximum absolute atomic E-state index is 12.0. The summed E-state index contributed by atoms with van der Waals surface area (Å²) in [7, 11) is 0. The number of fused-ring (bicyclic) bond motifs is 1. The topological polar surface area (TPSA) is 120 Å². The summed E-state index contributed by atoms with van der Waals surface area (Å²) < 4.78 is 12.7. The van der Waals surface area contributed by atoms with E-state index in [9.17, 15) is 9.59 Å². The normalized spacial score (nSPS) is 10.6. The SMILES string of the molecule is CC(=O)Nc1cccc(OCC(=O)NCCOc2ccc3nnc(-c4ccccc4)n3n2)c1. The summed E-state index contributed by atoms with van der Waals surface area (Å²) in [5.74, 6) is 1.01. The van der Waals surface area contributed by atoms with Gasteiger partial charge in [0.1, 0.15) is 12.4 Å². The number of carbonyl (C=O) groups is 2. The molecule has 0 atom stereocenters. The van der Waals surface area contributed by atoms with Crippen LogP contribution in [-0.4, -0.2) is 51.4 Å². The minimum atomic E-state index is -0.294. The van der Waals surface area contributed by atoms with Gasteiger partial charge in [0.05, 0.1) is 6.54 Å². The lowest BCUT2D eigenvalue weighted by Gasteiger charge is -2.10. The highest BCUT2D eigenvalue weighted by molar-refractivity contribution is 5.88. The summed E-state index contributed by atoms with van der Waals surface area (Å²) in [6.07, 6.45) is 0. The first-order valence-electron chi connectivity index (χ1n) is 10.3. The van der Waals surface area contributed by atoms with Gasteiger partial charge in [-0.1, -0.05) is 36.4 Å². The maximum Gasteiger partial charge on any atom is 0.258 e. The number of nitrogens with zero attached hydrogens (tertiary/aromatic N) is 4. The summed E-state index contributed by atoms with van der Waals surface area (Å²) in [6.45, 7) is 1.77. The van der Waals surface area contributed by atoms with Crippen molar-refractivity contribution in [1.29, 1.82) is 0 Å². The van der Waals surface area contributed by atoms with Crippen molar-refractivity contribution in [2.24, 2.45) is 0 Å². The summed E-state index contributed by atoms with van der Waals surface area (Å²) in [5, 5.41) is 18.1. The third-order valence-electron chi connectivity index (χ3n) is 4.47. The van der Waals surface area contributed by atoms with Gasteiger partial charge in [-0.15, -0.1) is 15.3 Å². The van der Waals surface area contributed by atoms with Crippen molar-refractivity contribution in [3.8, 4) is 23.0 Å². The number of nitrogens with one attached hydrogen (secondary N) is 2. The molecule has 10 nitrogen and oxygen atoms in total. The molecule has 33 heavy (non-hydrogen) atoms. The van der Waals surface area contributed by atoms with Gasteiger partial charge in [-0.25, -0.2) is 0 Å². The van der Waals surface area contributed by atoms with Crippen LogP contribution >= 0.6 is 0 Å². The Morgan fingerprint density at radius 1 is 0.970 bits per heavy atom. The van der Waals surface area contributed by atoms with Crippen molar-refractivity contribution in [2.75, 3.05) is 25.1 Å². The van der Waals surface area contributed by atoms with E-state index < -0.39 is 0 Å². The highest BCUT2D eigenvalue weighted by Crippen LogP contribution is 2.19. The molecule has 0 aliphatic heterocycles. The Bertz CT molecular complexity index is 1260. The molecule has 2 aromatic carbocycles. The van der Waals surface area contributed by atoms with Crippen molar-refractivity contribution >= 4 is 23.1 Å². The quantitative estimate of drug-likeness (QED) is 0.379. The molecule has 0 spiro atoms. The molecule has 0 fully saturated rings. The highest BCUT2D eigenvalue weighted by Gasteiger charge is 2.10. The molecular formula is C23H22N6O4. The van der Waals surface area contributed by atoms with Gasteiger partial charge in [-0.2, -0.15) is 4.52 Å². The van der Waals surface area contributed by atoms with Gasteiger partial charge in [0.25, 0.3) is 5.91 Å². The second-order valence-electron chi connectivity index (χ2n) is 7.03. The van der Waals surface area contributed by atoms with Crippen molar-refractivity contribution < 1.29 is 19.1 Å². The second-order valence-corrected chi connectivity index (χ2v) is 7.03. The fourth-order valence-electron chi connectivity index (χ4n) is 3.03. The van der Waals surface area contributed by atoms with Crippen LogP contribution in [0.5, 0.6) is 11.6 Å². The van der Waals surface area contributed by atoms with Crippen LogP contribution < -0.4 is 20.1 Å². The number of benzene rings is 2. The van der Waals surface area contributed by atoms with Gasteiger partial charge in [0, 0.05) is 30.3 Å². The van der Waals surface area contributed by atoms with E-state index >= 15 is 0 Å². The van der Waals surface area contributed by atoms with Crippen LogP contribution in [0.3, 0.4) is 0 Å². The average Bonchev–Trinajstić information content (AvgIpc) is 3.24. The molecule has 0 saturated carbocycles. The molecule has 2 aromatic heterocycles. The third kappa shape index (κ3) is 5.82. The van der Waals surface area contributed by atoms with Crippen molar-refractivity contribution in [1.82, 2.24) is 25.1 Å². The summed E-state index contributed by atoms with van der Waals surface area (Å²) in [4.78, 5) is 23.2. The highest BCUT2D eigenvalue weighted by atomic mass is 16.5. The molecular weight excluding hydrogens is 424 g/mol. The first-order valence-corrected chi connectivity index (χ1v) is 10.3. The van der Waals surface area contributed by atoms with E-state index in [1.54, 1.807) is 40.9 Å². The minimum Gasteiger partial charge on any atom is -0.484 e. The molecule has 4 rings (SSSR count). The number of anilines is 1. The van der Waals surface area contributed by atoms with E-state index in [0.29, 0.717) is 28.8 Å². The van der Waals surface area contributed by atoms with Crippen molar-refractivity contribution in [2.45, 2.75) is 6.92 Å². The van der Waals surface area contributed by atoms with Gasteiger partial charge in [-0.05, 0) is 18.2 Å². The molecule has 10 heteroatoms. The van der Waals surface area contributed by atoms with E-state index in [1.165, 1.54) is 6.92 Å². The van der Waals surface area contributed by atoms with Gasteiger partial charge >= 0.3 is 0 Å². The fourth-order valence-corrected chi connectivity index (χ4v) is 3.03. The van der Waals surface area contributed by atoms with Gasteiger partial charge in [0.2, 0.25) is 11.8 Å². The number of carbonyl (C=O) groups excluding carboxylic acids is 2. The number of aromatic nitrogens is 4. The summed E-state index contributed by atoms with van der Waals surface area (Å²) >= 11 is 0. The summed E-state index contributed by atoms with van der Waals surface area (Å²) in [5.41, 5.74) is 2.10. The zero-order valence-corrected chi connectivity index (χ0v) is 17.9. The van der Waals surface area contributed by atoms with E-state index in [1.807, 2.05) is 30.3 Å². The van der Waals surface area contributed by atoms with E-state index in [0.717, 1.165) is 5.56 Å². The Kier molecular flexibility index (Phi) is 6.74. The number of rotatable bonds is 9. The van der Waals surface area contributed by atoms with Crippen LogP contribution in [0.4, 0.5) is 5.69 Å². The Labute approximate surface area is 189 Å². The van der Waals surface area contributed by atoms with Crippen LogP contribution in [0.25, 0.3) is 17.0 Å². The molecule has 0 radical (unpaired) electrons. The third-order valence-corrected chi connectivity index (χ3v) is 4.47. The number of ether oxygens (including phenoxy) is 2. The average molecular weight is 446 g/mol. The number of hydrogen-bond donors (Lipinski definition) is 2. The molecule has 0 saturated heterocycles. The maximum atomic E-state index is 12.0. The predicted octanol–water partition coefficient (Wildman–Crippen LogP) is 2.32. The van der Waals surface area contributed by atoms with E-state index in [4.69, 9.17) is 9.47 Å². The zero-order valence-electron chi connectivity index (χ0n) is 17.9. The summed E-state index contributed by atoms with van der Waals surface area (Å²) in [6, 6.07) is 19.9. The molecule has 0 aliphatic carbocycles. The standard InChI is InChI=1S/C23H22N6O4/c1-16(30)25-18-8-5-9-19(14-18)33-15-21(31)24-12-13-32-22-11-10-20-26-27-23(29(20)28-22)17-6-3-2-4-7-17/h2-11,14H,12-13,15H2,1H3,(H,24,31)(H,25,30). The molecule has 4 aromatic rings. The molecule has 2 heterocycles. The van der Waals surface area contributed by atoms with Gasteiger partial charge in [0.15, 0.2) is 18.1 Å². The van der Waals surface area contributed by atoms with Crippen molar-refractivity contribution in [3.63, 3.8) is 0 Å². The lowest BCUT2D eigenvalue weighted by molar-refractivity contribution is -0.123. The van der Waals surface area contributed by atoms with E-state index in [-0.39, 0.29) is 31.6 Å². The molecule has 2 N–H and O–H groups in total. The second kappa shape index (κ2) is 10.2.